The standard InChI is InChI=1S/C19H21N3O5/c1-2-22-16(24)12-4-3-11(9-14(12)20-18(22)27)15(23)21-7-5-19(6-8-21)10-13(19)17(25)26/h3-4,9,13H,2,5-8,10H2,1H3,(H,20,27)(H,25,26). The van der Waals surface area contributed by atoms with Gasteiger partial charge in [-0.15, -0.1) is 0 Å². The summed E-state index contributed by atoms with van der Waals surface area (Å²) in [5, 5.41) is 9.54. The summed E-state index contributed by atoms with van der Waals surface area (Å²) in [5.74, 6) is -1.19. The van der Waals surface area contributed by atoms with Crippen molar-refractivity contribution in [1.29, 1.82) is 0 Å². The molecule has 1 saturated heterocycles. The first kappa shape index (κ1) is 17.5. The normalized spacial score (nSPS) is 20.8. The Bertz CT molecular complexity index is 1060. The molecule has 1 amide bonds. The van der Waals surface area contributed by atoms with Gasteiger partial charge in [-0.3, -0.25) is 19.0 Å². The molecule has 1 aliphatic heterocycles. The van der Waals surface area contributed by atoms with E-state index < -0.39 is 11.7 Å². The predicted octanol–water partition coefficient (Wildman–Crippen LogP) is 1.04. The first-order valence-electron chi connectivity index (χ1n) is 9.15. The summed E-state index contributed by atoms with van der Waals surface area (Å²) in [7, 11) is 0. The van der Waals surface area contributed by atoms with Crippen molar-refractivity contribution in [2.75, 3.05) is 13.1 Å². The maximum Gasteiger partial charge on any atom is 0.328 e. The topological polar surface area (TPSA) is 112 Å². The molecule has 1 atom stereocenters. The molecule has 8 nitrogen and oxygen atoms in total. The number of carbonyl (C=O) groups is 2. The van der Waals surface area contributed by atoms with Crippen molar-refractivity contribution in [1.82, 2.24) is 14.5 Å². The van der Waals surface area contributed by atoms with Gasteiger partial charge in [0.05, 0.1) is 16.8 Å². The van der Waals surface area contributed by atoms with Gasteiger partial charge in [0.1, 0.15) is 0 Å². The number of carbonyl (C=O) groups excluding carboxylic acids is 1. The van der Waals surface area contributed by atoms with Gasteiger partial charge in [-0.25, -0.2) is 4.79 Å². The first-order valence-corrected chi connectivity index (χ1v) is 9.15. The average molecular weight is 371 g/mol. The van der Waals surface area contributed by atoms with Crippen molar-refractivity contribution < 1.29 is 14.7 Å². The smallest absolute Gasteiger partial charge is 0.328 e. The zero-order valence-electron chi connectivity index (χ0n) is 15.0. The Morgan fingerprint density at radius 3 is 2.56 bits per heavy atom. The molecule has 2 N–H and O–H groups in total. The molecular formula is C19H21N3O5. The lowest BCUT2D eigenvalue weighted by Gasteiger charge is -2.32. The lowest BCUT2D eigenvalue weighted by molar-refractivity contribution is -0.139. The second kappa shape index (κ2) is 6.07. The number of aromatic amines is 1. The zero-order valence-corrected chi connectivity index (χ0v) is 15.0. The predicted molar refractivity (Wildman–Crippen MR) is 97.8 cm³/mol. The molecular weight excluding hydrogens is 350 g/mol. The summed E-state index contributed by atoms with van der Waals surface area (Å²) < 4.78 is 1.11. The molecule has 1 unspecified atom stereocenters. The van der Waals surface area contributed by atoms with E-state index in [4.69, 9.17) is 5.11 Å². The monoisotopic (exact) mass is 371 g/mol. The summed E-state index contributed by atoms with van der Waals surface area (Å²) in [6.07, 6.45) is 2.09. The van der Waals surface area contributed by atoms with Crippen molar-refractivity contribution in [3.8, 4) is 0 Å². The fourth-order valence-electron chi connectivity index (χ4n) is 4.26. The summed E-state index contributed by atoms with van der Waals surface area (Å²) in [5.41, 5.74) is -0.241. The highest BCUT2D eigenvalue weighted by Crippen LogP contribution is 2.59. The maximum atomic E-state index is 12.8. The Morgan fingerprint density at radius 1 is 1.26 bits per heavy atom. The molecule has 27 heavy (non-hydrogen) atoms. The van der Waals surface area contributed by atoms with Crippen molar-refractivity contribution in [3.05, 3.63) is 44.6 Å². The number of aromatic nitrogens is 2. The minimum atomic E-state index is -0.744. The Labute approximate surface area is 154 Å². The lowest BCUT2D eigenvalue weighted by Crippen LogP contribution is -2.40. The van der Waals surface area contributed by atoms with Crippen LogP contribution < -0.4 is 11.2 Å². The van der Waals surface area contributed by atoms with Crippen LogP contribution in [0, 0.1) is 11.3 Å². The zero-order chi connectivity index (χ0) is 19.3. The Kier molecular flexibility index (Phi) is 3.94. The molecule has 1 aromatic carbocycles. The molecule has 0 bridgehead atoms. The van der Waals surface area contributed by atoms with E-state index in [2.05, 4.69) is 4.98 Å². The summed E-state index contributed by atoms with van der Waals surface area (Å²) >= 11 is 0. The Balaban J connectivity index is 1.56. The largest absolute Gasteiger partial charge is 0.481 e. The number of carboxylic acids is 1. The van der Waals surface area contributed by atoms with Crippen LogP contribution in [0.2, 0.25) is 0 Å². The van der Waals surface area contributed by atoms with Crippen LogP contribution in [0.1, 0.15) is 36.5 Å². The Morgan fingerprint density at radius 2 is 1.96 bits per heavy atom. The number of amides is 1. The van der Waals surface area contributed by atoms with Crippen molar-refractivity contribution >= 4 is 22.8 Å². The van der Waals surface area contributed by atoms with Crippen LogP contribution in [0.15, 0.2) is 27.8 Å². The summed E-state index contributed by atoms with van der Waals surface area (Å²) in [6.45, 7) is 3.04. The third-order valence-electron chi connectivity index (χ3n) is 6.08. The van der Waals surface area contributed by atoms with Crippen LogP contribution in [-0.2, 0) is 11.3 Å². The highest BCUT2D eigenvalue weighted by Gasteiger charge is 2.59. The van der Waals surface area contributed by atoms with Crippen LogP contribution in [-0.4, -0.2) is 44.5 Å². The number of carboxylic acid groups (broad SMARTS) is 1. The number of nitrogens with one attached hydrogen (secondary N) is 1. The molecule has 2 fully saturated rings. The Hall–Kier alpha value is -2.90. The van der Waals surface area contributed by atoms with Crippen LogP contribution >= 0.6 is 0 Å². The second-order valence-corrected chi connectivity index (χ2v) is 7.49. The third-order valence-corrected chi connectivity index (χ3v) is 6.08. The number of piperidine rings is 1. The fraction of sp³-hybridized carbons (Fsp3) is 0.474. The molecule has 2 heterocycles. The number of likely N-dealkylation sites (tertiary alicyclic amines) is 1. The van der Waals surface area contributed by atoms with Crippen LogP contribution in [0.25, 0.3) is 10.9 Å². The molecule has 0 radical (unpaired) electrons. The number of aliphatic carboxylic acids is 1. The summed E-state index contributed by atoms with van der Waals surface area (Å²) in [6, 6.07) is 4.72. The van der Waals surface area contributed by atoms with Crippen molar-refractivity contribution in [2.45, 2.75) is 32.7 Å². The number of nitrogens with zero attached hydrogens (tertiary/aromatic N) is 2. The minimum absolute atomic E-state index is 0.136. The number of hydrogen-bond donors (Lipinski definition) is 2. The first-order chi connectivity index (χ1) is 12.9. The lowest BCUT2D eigenvalue weighted by atomic mass is 9.90. The third kappa shape index (κ3) is 2.75. The fourth-order valence-corrected chi connectivity index (χ4v) is 4.26. The van der Waals surface area contributed by atoms with Gasteiger partial charge < -0.3 is 15.0 Å². The second-order valence-electron chi connectivity index (χ2n) is 7.49. The minimum Gasteiger partial charge on any atom is -0.481 e. The molecule has 1 aromatic heterocycles. The molecule has 1 aliphatic carbocycles. The van der Waals surface area contributed by atoms with E-state index in [0.29, 0.717) is 48.8 Å². The van der Waals surface area contributed by atoms with Gasteiger partial charge in [0.15, 0.2) is 0 Å². The molecule has 1 spiro atoms. The van der Waals surface area contributed by atoms with E-state index in [1.165, 1.54) is 0 Å². The SMILES string of the molecule is CCn1c(=O)[nH]c2cc(C(=O)N3CCC4(CC3)CC4C(=O)O)ccc2c1=O. The van der Waals surface area contributed by atoms with Gasteiger partial charge in [0.25, 0.3) is 11.5 Å². The number of rotatable bonds is 3. The van der Waals surface area contributed by atoms with E-state index in [1.807, 2.05) is 0 Å². The van der Waals surface area contributed by atoms with Crippen molar-refractivity contribution in [2.24, 2.45) is 11.3 Å². The van der Waals surface area contributed by atoms with Gasteiger partial charge in [-0.2, -0.15) is 0 Å². The van der Waals surface area contributed by atoms with Gasteiger partial charge >= 0.3 is 11.7 Å². The average Bonchev–Trinajstić information content (AvgIpc) is 3.35. The number of fused-ring (bicyclic) bond motifs is 1. The van der Waals surface area contributed by atoms with Gasteiger partial charge in [-0.1, -0.05) is 0 Å². The van der Waals surface area contributed by atoms with E-state index in [1.54, 1.807) is 30.0 Å². The molecule has 2 aliphatic rings. The van der Waals surface area contributed by atoms with Gasteiger partial charge in [0, 0.05) is 25.2 Å². The number of benzene rings is 1. The highest BCUT2D eigenvalue weighted by molar-refractivity contribution is 5.97. The molecule has 8 heteroatoms. The van der Waals surface area contributed by atoms with Crippen LogP contribution in [0.3, 0.4) is 0 Å². The van der Waals surface area contributed by atoms with E-state index in [0.717, 1.165) is 4.57 Å². The number of hydrogen-bond acceptors (Lipinski definition) is 4. The van der Waals surface area contributed by atoms with Crippen molar-refractivity contribution in [3.63, 3.8) is 0 Å². The molecule has 142 valence electrons. The van der Waals surface area contributed by atoms with E-state index in [9.17, 15) is 19.2 Å². The number of H-pyrrole nitrogens is 1. The molecule has 1 saturated carbocycles. The molecule has 4 rings (SSSR count). The highest BCUT2D eigenvalue weighted by atomic mass is 16.4. The maximum absolute atomic E-state index is 12.8. The summed E-state index contributed by atoms with van der Waals surface area (Å²) in [4.78, 5) is 52.7. The quantitative estimate of drug-likeness (QED) is 0.837. The van der Waals surface area contributed by atoms with Gasteiger partial charge in [0.2, 0.25) is 0 Å². The molecule has 2 aromatic rings. The van der Waals surface area contributed by atoms with Gasteiger partial charge in [-0.05, 0) is 49.8 Å². The van der Waals surface area contributed by atoms with E-state index >= 15 is 0 Å². The van der Waals surface area contributed by atoms with Crippen LogP contribution in [0.5, 0.6) is 0 Å². The van der Waals surface area contributed by atoms with E-state index in [-0.39, 0.29) is 29.3 Å². The van der Waals surface area contributed by atoms with Crippen LogP contribution in [0.4, 0.5) is 0 Å².